The SMILES string of the molecule is CCc1c(C)cn(C(=O)NCCc2ccc(S(N)(=O)=O)cc2)c1O. The van der Waals surface area contributed by atoms with Gasteiger partial charge in [0.05, 0.1) is 4.90 Å². The summed E-state index contributed by atoms with van der Waals surface area (Å²) in [5, 5.41) is 17.8. The van der Waals surface area contributed by atoms with Crippen LogP contribution in [-0.2, 0) is 22.9 Å². The first-order valence-electron chi connectivity index (χ1n) is 7.53. The van der Waals surface area contributed by atoms with Gasteiger partial charge in [-0.3, -0.25) is 0 Å². The number of aromatic nitrogens is 1. The molecule has 1 amide bonds. The fraction of sp³-hybridized carbons (Fsp3) is 0.312. The third kappa shape index (κ3) is 3.95. The second-order valence-electron chi connectivity index (χ2n) is 5.51. The molecule has 0 atom stereocenters. The Morgan fingerprint density at radius 3 is 2.42 bits per heavy atom. The minimum Gasteiger partial charge on any atom is -0.494 e. The van der Waals surface area contributed by atoms with Crippen molar-refractivity contribution in [2.75, 3.05) is 6.54 Å². The number of benzene rings is 1. The Bertz CT molecular complexity index is 839. The first-order valence-corrected chi connectivity index (χ1v) is 9.08. The van der Waals surface area contributed by atoms with Gasteiger partial charge in [0.15, 0.2) is 0 Å². The third-order valence-corrected chi connectivity index (χ3v) is 4.74. The molecule has 0 bridgehead atoms. The van der Waals surface area contributed by atoms with Gasteiger partial charge in [0.25, 0.3) is 0 Å². The molecule has 1 aromatic carbocycles. The minimum atomic E-state index is -3.70. The smallest absolute Gasteiger partial charge is 0.328 e. The van der Waals surface area contributed by atoms with E-state index < -0.39 is 16.1 Å². The number of carbonyl (C=O) groups is 1. The maximum absolute atomic E-state index is 12.1. The van der Waals surface area contributed by atoms with Crippen LogP contribution < -0.4 is 10.5 Å². The highest BCUT2D eigenvalue weighted by molar-refractivity contribution is 7.89. The van der Waals surface area contributed by atoms with Crippen LogP contribution in [0, 0.1) is 6.92 Å². The number of nitrogens with one attached hydrogen (secondary N) is 1. The van der Waals surface area contributed by atoms with E-state index in [2.05, 4.69) is 5.32 Å². The monoisotopic (exact) mass is 351 g/mol. The molecule has 2 rings (SSSR count). The Labute approximate surface area is 141 Å². The van der Waals surface area contributed by atoms with Gasteiger partial charge in [0.2, 0.25) is 15.9 Å². The molecule has 1 heterocycles. The molecule has 0 radical (unpaired) electrons. The molecule has 0 aliphatic heterocycles. The van der Waals surface area contributed by atoms with Gasteiger partial charge in [-0.15, -0.1) is 0 Å². The lowest BCUT2D eigenvalue weighted by atomic mass is 10.1. The van der Waals surface area contributed by atoms with E-state index in [-0.39, 0.29) is 10.8 Å². The van der Waals surface area contributed by atoms with Gasteiger partial charge in [-0.25, -0.2) is 22.9 Å². The van der Waals surface area contributed by atoms with Crippen molar-refractivity contribution < 1.29 is 18.3 Å². The fourth-order valence-corrected chi connectivity index (χ4v) is 3.01. The predicted molar refractivity (Wildman–Crippen MR) is 90.5 cm³/mol. The number of aromatic hydroxyl groups is 1. The molecule has 1 aromatic heterocycles. The largest absolute Gasteiger partial charge is 0.494 e. The molecule has 7 nitrogen and oxygen atoms in total. The van der Waals surface area contributed by atoms with Crippen molar-refractivity contribution in [2.24, 2.45) is 5.14 Å². The second-order valence-corrected chi connectivity index (χ2v) is 7.07. The van der Waals surface area contributed by atoms with Crippen LogP contribution in [0.3, 0.4) is 0 Å². The third-order valence-electron chi connectivity index (χ3n) is 3.81. The van der Waals surface area contributed by atoms with E-state index >= 15 is 0 Å². The average Bonchev–Trinajstić information content (AvgIpc) is 2.81. The highest BCUT2D eigenvalue weighted by Gasteiger charge is 2.15. The lowest BCUT2D eigenvalue weighted by Crippen LogP contribution is -2.29. The van der Waals surface area contributed by atoms with Crippen molar-refractivity contribution in [1.29, 1.82) is 0 Å². The van der Waals surface area contributed by atoms with E-state index in [1.54, 1.807) is 18.3 Å². The van der Waals surface area contributed by atoms with E-state index in [9.17, 15) is 18.3 Å². The molecule has 2 aromatic rings. The van der Waals surface area contributed by atoms with Crippen molar-refractivity contribution >= 4 is 16.1 Å². The van der Waals surface area contributed by atoms with Gasteiger partial charge in [-0.05, 0) is 43.0 Å². The molecule has 0 fully saturated rings. The molecule has 130 valence electrons. The molecular weight excluding hydrogens is 330 g/mol. The van der Waals surface area contributed by atoms with Crippen molar-refractivity contribution in [3.05, 3.63) is 47.2 Å². The lowest BCUT2D eigenvalue weighted by Gasteiger charge is -2.08. The topological polar surface area (TPSA) is 114 Å². The quantitative estimate of drug-likeness (QED) is 0.757. The number of primary sulfonamides is 1. The highest BCUT2D eigenvalue weighted by atomic mass is 32.2. The van der Waals surface area contributed by atoms with Crippen LogP contribution in [-0.4, -0.2) is 30.7 Å². The van der Waals surface area contributed by atoms with Gasteiger partial charge in [0, 0.05) is 18.3 Å². The van der Waals surface area contributed by atoms with Crippen LogP contribution in [0.2, 0.25) is 0 Å². The van der Waals surface area contributed by atoms with Crippen molar-refractivity contribution in [1.82, 2.24) is 9.88 Å². The van der Waals surface area contributed by atoms with Crippen LogP contribution in [0.15, 0.2) is 35.4 Å². The van der Waals surface area contributed by atoms with E-state index in [1.807, 2.05) is 13.8 Å². The summed E-state index contributed by atoms with van der Waals surface area (Å²) >= 11 is 0. The van der Waals surface area contributed by atoms with Crippen LogP contribution in [0.5, 0.6) is 5.88 Å². The fourth-order valence-electron chi connectivity index (χ4n) is 2.49. The van der Waals surface area contributed by atoms with Gasteiger partial charge in [0.1, 0.15) is 0 Å². The number of nitrogens with two attached hydrogens (primary N) is 1. The first kappa shape index (κ1) is 18.0. The summed E-state index contributed by atoms with van der Waals surface area (Å²) in [5.74, 6) is -0.0370. The van der Waals surface area contributed by atoms with E-state index in [4.69, 9.17) is 5.14 Å². The Balaban J connectivity index is 1.96. The number of aryl methyl sites for hydroxylation is 1. The normalized spacial score (nSPS) is 11.5. The number of amides is 1. The van der Waals surface area contributed by atoms with Crippen molar-refractivity contribution in [2.45, 2.75) is 31.6 Å². The van der Waals surface area contributed by atoms with E-state index in [1.165, 1.54) is 16.7 Å². The molecule has 0 saturated carbocycles. The Hall–Kier alpha value is -2.32. The maximum atomic E-state index is 12.1. The molecule has 4 N–H and O–H groups in total. The summed E-state index contributed by atoms with van der Waals surface area (Å²) in [6.07, 6.45) is 2.77. The summed E-state index contributed by atoms with van der Waals surface area (Å²) in [6.45, 7) is 4.11. The number of hydrogen-bond donors (Lipinski definition) is 3. The number of nitrogens with zero attached hydrogens (tertiary/aromatic N) is 1. The molecule has 0 spiro atoms. The number of hydrogen-bond acceptors (Lipinski definition) is 4. The average molecular weight is 351 g/mol. The first-order chi connectivity index (χ1) is 11.2. The number of rotatable bonds is 5. The highest BCUT2D eigenvalue weighted by Crippen LogP contribution is 2.23. The lowest BCUT2D eigenvalue weighted by molar-refractivity contribution is 0.239. The summed E-state index contributed by atoms with van der Waals surface area (Å²) in [6, 6.07) is 5.76. The summed E-state index contributed by atoms with van der Waals surface area (Å²) in [5.41, 5.74) is 2.48. The van der Waals surface area contributed by atoms with Crippen LogP contribution in [0.25, 0.3) is 0 Å². The van der Waals surface area contributed by atoms with Crippen LogP contribution in [0.4, 0.5) is 4.79 Å². The Morgan fingerprint density at radius 2 is 1.92 bits per heavy atom. The summed E-state index contributed by atoms with van der Waals surface area (Å²) in [4.78, 5) is 12.2. The van der Waals surface area contributed by atoms with Gasteiger partial charge >= 0.3 is 6.03 Å². The molecule has 0 aliphatic carbocycles. The zero-order chi connectivity index (χ0) is 17.9. The van der Waals surface area contributed by atoms with Gasteiger partial charge < -0.3 is 10.4 Å². The maximum Gasteiger partial charge on any atom is 0.328 e. The molecule has 8 heteroatoms. The molecule has 0 saturated heterocycles. The summed E-state index contributed by atoms with van der Waals surface area (Å²) < 4.78 is 23.6. The zero-order valence-corrected chi connectivity index (χ0v) is 14.4. The Morgan fingerprint density at radius 1 is 1.29 bits per heavy atom. The standard InChI is InChI=1S/C16H21N3O4S/c1-3-14-11(2)10-19(15(14)20)16(21)18-9-8-12-4-6-13(7-5-12)24(17,22)23/h4-7,10,20H,3,8-9H2,1-2H3,(H,18,21)(H2,17,22,23). The molecule has 0 unspecified atom stereocenters. The summed E-state index contributed by atoms with van der Waals surface area (Å²) in [7, 11) is -3.70. The van der Waals surface area contributed by atoms with Gasteiger partial charge in [-0.1, -0.05) is 19.1 Å². The zero-order valence-electron chi connectivity index (χ0n) is 13.6. The van der Waals surface area contributed by atoms with E-state index in [0.29, 0.717) is 19.4 Å². The number of carbonyl (C=O) groups excluding carboxylic acids is 1. The van der Waals surface area contributed by atoms with Crippen molar-refractivity contribution in [3.63, 3.8) is 0 Å². The predicted octanol–water partition coefficient (Wildman–Crippen LogP) is 1.51. The molecule has 24 heavy (non-hydrogen) atoms. The second kappa shape index (κ2) is 7.06. The van der Waals surface area contributed by atoms with Crippen LogP contribution in [0.1, 0.15) is 23.6 Å². The van der Waals surface area contributed by atoms with Crippen LogP contribution >= 0.6 is 0 Å². The number of sulfonamides is 1. The van der Waals surface area contributed by atoms with Crippen molar-refractivity contribution in [3.8, 4) is 5.88 Å². The molecule has 0 aliphatic rings. The van der Waals surface area contributed by atoms with Gasteiger partial charge in [-0.2, -0.15) is 0 Å². The Kier molecular flexibility index (Phi) is 5.30. The molecular formula is C16H21N3O4S. The minimum absolute atomic E-state index is 0.0370. The van der Waals surface area contributed by atoms with E-state index in [0.717, 1.165) is 16.7 Å².